The molecule has 0 heterocycles. The molecule has 0 rings (SSSR count). The highest BCUT2D eigenvalue weighted by Gasteiger charge is 2.03. The van der Waals surface area contributed by atoms with Crippen molar-refractivity contribution in [3.05, 3.63) is 0 Å². The van der Waals surface area contributed by atoms with Crippen LogP contribution < -0.4 is 10.6 Å². The van der Waals surface area contributed by atoms with Crippen LogP contribution in [0.15, 0.2) is 0 Å². The highest BCUT2D eigenvalue weighted by molar-refractivity contribution is 5.75. The molecule has 1 unspecified atom stereocenters. The van der Waals surface area contributed by atoms with Gasteiger partial charge in [0, 0.05) is 32.2 Å². The zero-order valence-electron chi connectivity index (χ0n) is 10.8. The van der Waals surface area contributed by atoms with Crippen LogP contribution in [0, 0.1) is 0 Å². The summed E-state index contributed by atoms with van der Waals surface area (Å²) in [5, 5.41) is 6.03. The molecule has 1 atom stereocenters. The number of carbonyl (C=O) groups is 1. The summed E-state index contributed by atoms with van der Waals surface area (Å²) in [5.74, 6) is 0.151. The minimum absolute atomic E-state index is 0.151. The van der Waals surface area contributed by atoms with Gasteiger partial charge in [0.2, 0.25) is 5.91 Å². The number of hydrogen-bond donors (Lipinski definition) is 2. The molecule has 1 amide bonds. The van der Waals surface area contributed by atoms with Crippen molar-refractivity contribution in [1.29, 1.82) is 0 Å². The van der Waals surface area contributed by atoms with Gasteiger partial charge in [-0.15, -0.1) is 0 Å². The van der Waals surface area contributed by atoms with Crippen LogP contribution in [0.25, 0.3) is 0 Å². The van der Waals surface area contributed by atoms with Crippen molar-refractivity contribution < 1.29 is 9.53 Å². The summed E-state index contributed by atoms with van der Waals surface area (Å²) in [6.07, 6.45) is 3.50. The Morgan fingerprint density at radius 2 is 2.12 bits per heavy atom. The maximum absolute atomic E-state index is 11.4. The molecule has 0 aromatic heterocycles. The van der Waals surface area contributed by atoms with Gasteiger partial charge in [-0.1, -0.05) is 0 Å². The summed E-state index contributed by atoms with van der Waals surface area (Å²) in [6.45, 7) is 6.40. The molecule has 2 N–H and O–H groups in total. The molecule has 4 nitrogen and oxygen atoms in total. The zero-order chi connectivity index (χ0) is 12.2. The normalized spacial score (nSPS) is 12.4. The highest BCUT2D eigenvalue weighted by atomic mass is 16.5. The molecule has 0 spiro atoms. The lowest BCUT2D eigenvalue weighted by molar-refractivity contribution is -0.121. The second-order valence-electron chi connectivity index (χ2n) is 3.98. The van der Waals surface area contributed by atoms with Gasteiger partial charge in [0.05, 0.1) is 0 Å². The average molecular weight is 230 g/mol. The van der Waals surface area contributed by atoms with Gasteiger partial charge in [0.1, 0.15) is 0 Å². The minimum Gasteiger partial charge on any atom is -0.382 e. The Bertz CT molecular complexity index is 174. The molecule has 0 aliphatic heterocycles. The monoisotopic (exact) mass is 230 g/mol. The number of hydrogen-bond acceptors (Lipinski definition) is 3. The van der Waals surface area contributed by atoms with E-state index in [-0.39, 0.29) is 5.91 Å². The Labute approximate surface area is 99.1 Å². The summed E-state index contributed by atoms with van der Waals surface area (Å²) in [7, 11) is 1.91. The summed E-state index contributed by atoms with van der Waals surface area (Å²) >= 11 is 0. The summed E-state index contributed by atoms with van der Waals surface area (Å²) in [5.41, 5.74) is 0. The predicted molar refractivity (Wildman–Crippen MR) is 66.5 cm³/mol. The van der Waals surface area contributed by atoms with E-state index in [1.807, 2.05) is 14.0 Å². The van der Waals surface area contributed by atoms with Crippen LogP contribution in [0.3, 0.4) is 0 Å². The number of amides is 1. The van der Waals surface area contributed by atoms with Crippen LogP contribution in [0.2, 0.25) is 0 Å². The number of ether oxygens (including phenoxy) is 1. The van der Waals surface area contributed by atoms with Crippen LogP contribution >= 0.6 is 0 Å². The Balaban J connectivity index is 3.24. The Morgan fingerprint density at radius 1 is 1.38 bits per heavy atom. The molecule has 0 aromatic carbocycles. The number of carbonyl (C=O) groups excluding carboxylic acids is 1. The van der Waals surface area contributed by atoms with Crippen molar-refractivity contribution in [2.24, 2.45) is 0 Å². The van der Waals surface area contributed by atoms with Crippen LogP contribution in [-0.2, 0) is 9.53 Å². The topological polar surface area (TPSA) is 50.4 Å². The molecule has 4 heteroatoms. The lowest BCUT2D eigenvalue weighted by Gasteiger charge is -2.09. The van der Waals surface area contributed by atoms with Crippen molar-refractivity contribution >= 4 is 5.91 Å². The van der Waals surface area contributed by atoms with E-state index in [2.05, 4.69) is 17.6 Å². The molecule has 0 aliphatic carbocycles. The first-order chi connectivity index (χ1) is 7.70. The van der Waals surface area contributed by atoms with Gasteiger partial charge in [-0.05, 0) is 40.2 Å². The summed E-state index contributed by atoms with van der Waals surface area (Å²) in [6, 6.07) is 0.406. The van der Waals surface area contributed by atoms with Gasteiger partial charge in [-0.2, -0.15) is 0 Å². The molecule has 0 aromatic rings. The fourth-order valence-corrected chi connectivity index (χ4v) is 1.28. The number of rotatable bonds is 10. The molecular weight excluding hydrogens is 204 g/mol. The van der Waals surface area contributed by atoms with E-state index in [1.165, 1.54) is 0 Å². The predicted octanol–water partition coefficient (Wildman–Crippen LogP) is 1.31. The van der Waals surface area contributed by atoms with E-state index >= 15 is 0 Å². The Kier molecular flexibility index (Phi) is 10.5. The first kappa shape index (κ1) is 15.4. The third kappa shape index (κ3) is 9.93. The van der Waals surface area contributed by atoms with E-state index in [0.717, 1.165) is 39.0 Å². The van der Waals surface area contributed by atoms with Gasteiger partial charge >= 0.3 is 0 Å². The van der Waals surface area contributed by atoms with E-state index in [4.69, 9.17) is 4.74 Å². The first-order valence-corrected chi connectivity index (χ1v) is 6.22. The van der Waals surface area contributed by atoms with Crippen LogP contribution in [0.1, 0.15) is 39.5 Å². The molecular formula is C12H26N2O2. The molecule has 0 saturated heterocycles. The number of unbranched alkanes of at least 4 members (excludes halogenated alkanes) is 1. The van der Waals surface area contributed by atoms with E-state index in [1.54, 1.807) is 0 Å². The minimum atomic E-state index is 0.151. The first-order valence-electron chi connectivity index (χ1n) is 6.22. The van der Waals surface area contributed by atoms with Crippen molar-refractivity contribution in [2.75, 3.05) is 26.8 Å². The number of nitrogens with one attached hydrogen (secondary N) is 2. The molecule has 0 aliphatic rings. The lowest BCUT2D eigenvalue weighted by atomic mass is 10.2. The summed E-state index contributed by atoms with van der Waals surface area (Å²) in [4.78, 5) is 11.4. The van der Waals surface area contributed by atoms with E-state index in [9.17, 15) is 4.79 Å². The molecule has 0 radical (unpaired) electrons. The van der Waals surface area contributed by atoms with Crippen molar-refractivity contribution in [3.63, 3.8) is 0 Å². The fourth-order valence-electron chi connectivity index (χ4n) is 1.28. The van der Waals surface area contributed by atoms with Gasteiger partial charge in [-0.3, -0.25) is 4.79 Å². The standard InChI is InChI=1S/C12H26N2O2/c1-4-16-10-6-5-9-14-12(15)8-7-11(2)13-3/h11,13H,4-10H2,1-3H3,(H,14,15). The van der Waals surface area contributed by atoms with Gasteiger partial charge in [-0.25, -0.2) is 0 Å². The zero-order valence-corrected chi connectivity index (χ0v) is 10.8. The maximum Gasteiger partial charge on any atom is 0.220 e. The van der Waals surface area contributed by atoms with E-state index in [0.29, 0.717) is 12.5 Å². The Morgan fingerprint density at radius 3 is 2.75 bits per heavy atom. The van der Waals surface area contributed by atoms with Crippen LogP contribution in [-0.4, -0.2) is 38.8 Å². The van der Waals surface area contributed by atoms with Crippen LogP contribution in [0.4, 0.5) is 0 Å². The average Bonchev–Trinajstić information content (AvgIpc) is 2.30. The second kappa shape index (κ2) is 10.9. The largest absolute Gasteiger partial charge is 0.382 e. The fraction of sp³-hybridized carbons (Fsp3) is 0.917. The van der Waals surface area contributed by atoms with Crippen molar-refractivity contribution in [3.8, 4) is 0 Å². The van der Waals surface area contributed by atoms with Gasteiger partial charge < -0.3 is 15.4 Å². The highest BCUT2D eigenvalue weighted by Crippen LogP contribution is 1.95. The maximum atomic E-state index is 11.4. The quantitative estimate of drug-likeness (QED) is 0.556. The third-order valence-electron chi connectivity index (χ3n) is 2.54. The smallest absolute Gasteiger partial charge is 0.220 e. The molecule has 0 saturated carbocycles. The molecule has 96 valence electrons. The molecule has 0 bridgehead atoms. The third-order valence-corrected chi connectivity index (χ3v) is 2.54. The Hall–Kier alpha value is -0.610. The van der Waals surface area contributed by atoms with Crippen LogP contribution in [0.5, 0.6) is 0 Å². The van der Waals surface area contributed by atoms with Gasteiger partial charge in [0.25, 0.3) is 0 Å². The molecule has 16 heavy (non-hydrogen) atoms. The molecule has 0 fully saturated rings. The lowest BCUT2D eigenvalue weighted by Crippen LogP contribution is -2.28. The SMILES string of the molecule is CCOCCCCNC(=O)CCC(C)NC. The second-order valence-corrected chi connectivity index (χ2v) is 3.98. The van der Waals surface area contributed by atoms with Gasteiger partial charge in [0.15, 0.2) is 0 Å². The van der Waals surface area contributed by atoms with Crippen molar-refractivity contribution in [2.45, 2.75) is 45.6 Å². The van der Waals surface area contributed by atoms with E-state index < -0.39 is 0 Å². The van der Waals surface area contributed by atoms with Crippen molar-refractivity contribution in [1.82, 2.24) is 10.6 Å². The summed E-state index contributed by atoms with van der Waals surface area (Å²) < 4.78 is 5.21.